The van der Waals surface area contributed by atoms with Crippen molar-refractivity contribution in [2.24, 2.45) is 0 Å². The van der Waals surface area contributed by atoms with Gasteiger partial charge in [-0.05, 0) is 66.6 Å². The van der Waals surface area contributed by atoms with Crippen LogP contribution in [0.15, 0.2) is 106 Å². The number of hydrogen-bond acceptors (Lipinski definition) is 5. The van der Waals surface area contributed by atoms with E-state index in [0.29, 0.717) is 69.8 Å². The molecule has 2 atom stereocenters. The van der Waals surface area contributed by atoms with Crippen molar-refractivity contribution >= 4 is 52.7 Å². The van der Waals surface area contributed by atoms with Crippen LogP contribution in [0.4, 0.5) is 8.78 Å². The highest BCUT2D eigenvalue weighted by Crippen LogP contribution is 2.60. The van der Waals surface area contributed by atoms with E-state index in [1.165, 1.54) is 12.1 Å². The summed E-state index contributed by atoms with van der Waals surface area (Å²) < 4.78 is 51.8. The number of carbonyl (C=O) groups is 1. The summed E-state index contributed by atoms with van der Waals surface area (Å²) in [6.45, 7) is 0. The number of hydrogen-bond donors (Lipinski definition) is 3. The highest BCUT2D eigenvalue weighted by molar-refractivity contribution is 9.10. The Kier molecular flexibility index (Phi) is 11.6. The summed E-state index contributed by atoms with van der Waals surface area (Å²) in [4.78, 5) is 34.7. The van der Waals surface area contributed by atoms with Gasteiger partial charge in [-0.15, -0.1) is 0 Å². The average molecular weight is 795 g/mol. The lowest BCUT2D eigenvalue weighted by Crippen LogP contribution is -2.18. The molecule has 3 N–H and O–H groups in total. The molecule has 256 valence electrons. The molecule has 0 aliphatic rings. The number of ether oxygens (including phenoxy) is 1. The second-order valence-corrected chi connectivity index (χ2v) is 14.6. The number of nitrogens with zero attached hydrogens (tertiary/aromatic N) is 1. The van der Waals surface area contributed by atoms with Crippen LogP contribution < -0.4 is 4.74 Å². The van der Waals surface area contributed by atoms with E-state index in [2.05, 4.69) is 20.9 Å². The van der Waals surface area contributed by atoms with Crippen LogP contribution in [-0.4, -0.2) is 25.8 Å². The van der Waals surface area contributed by atoms with Gasteiger partial charge in [0.2, 0.25) is 6.10 Å². The number of rotatable bonds is 14. The molecule has 0 aliphatic heterocycles. The number of carboxylic acid groups (broad SMARTS) is 1. The van der Waals surface area contributed by atoms with Gasteiger partial charge in [-0.25, -0.2) is 9.78 Å². The van der Waals surface area contributed by atoms with Crippen molar-refractivity contribution in [2.45, 2.75) is 43.4 Å². The van der Waals surface area contributed by atoms with Gasteiger partial charge in [0, 0.05) is 27.6 Å². The van der Waals surface area contributed by atoms with Gasteiger partial charge in [0.05, 0.1) is 16.2 Å². The molecule has 8 nitrogen and oxygen atoms in total. The summed E-state index contributed by atoms with van der Waals surface area (Å²) in [6, 6.07) is 24.7. The largest absolute Gasteiger partial charge is 0.478 e. The number of halogens is 5. The summed E-state index contributed by atoms with van der Waals surface area (Å²) in [6.07, 6.45) is 2.43. The maximum absolute atomic E-state index is 14.3. The van der Waals surface area contributed by atoms with Gasteiger partial charge in [-0.1, -0.05) is 99.8 Å². The van der Waals surface area contributed by atoms with Crippen LogP contribution in [-0.2, 0) is 27.9 Å². The molecule has 1 aromatic heterocycles. The number of carboxylic acids is 1. The number of aromatic nitrogens is 1. The fraction of sp³-hybridized carbons (Fsp3) is 0.200. The molecule has 1 heterocycles. The topological polar surface area (TPSA) is 130 Å². The van der Waals surface area contributed by atoms with E-state index in [-0.39, 0.29) is 10.4 Å². The molecule has 0 aliphatic carbocycles. The third-order valence-electron chi connectivity index (χ3n) is 7.88. The monoisotopic (exact) mass is 793 g/mol. The molecule has 0 spiro atoms. The van der Waals surface area contributed by atoms with Crippen LogP contribution in [0.1, 0.15) is 53.0 Å². The third kappa shape index (κ3) is 8.97. The second kappa shape index (κ2) is 15.5. The zero-order valence-corrected chi connectivity index (χ0v) is 29.5. The number of alkyl halides is 2. The molecule has 0 saturated heterocycles. The highest BCUT2D eigenvalue weighted by Gasteiger charge is 2.51. The van der Waals surface area contributed by atoms with Crippen molar-refractivity contribution in [2.75, 3.05) is 0 Å². The fourth-order valence-electron chi connectivity index (χ4n) is 5.30. The number of aryl methyl sites for hydroxylation is 2. The van der Waals surface area contributed by atoms with E-state index in [9.17, 15) is 23.2 Å². The molecule has 5 rings (SSSR count). The van der Waals surface area contributed by atoms with Crippen LogP contribution >= 0.6 is 46.7 Å². The Labute approximate surface area is 299 Å². The Balaban J connectivity index is 1.30. The molecule has 0 radical (unpaired) electrons. The summed E-state index contributed by atoms with van der Waals surface area (Å²) in [5.41, 5.74) is -2.39. The van der Waals surface area contributed by atoms with Crippen LogP contribution in [0.2, 0.25) is 10.0 Å². The Morgan fingerprint density at radius 3 is 2.33 bits per heavy atom. The van der Waals surface area contributed by atoms with Crippen LogP contribution in [0.5, 0.6) is 5.75 Å². The molecule has 0 amide bonds. The minimum Gasteiger partial charge on any atom is -0.478 e. The van der Waals surface area contributed by atoms with E-state index in [4.69, 9.17) is 42.1 Å². The first-order valence-electron chi connectivity index (χ1n) is 14.9. The molecule has 0 fully saturated rings. The molecule has 4 aromatic carbocycles. The molecule has 14 heteroatoms. The fourth-order valence-corrected chi connectivity index (χ4v) is 6.95. The van der Waals surface area contributed by atoms with E-state index in [1.54, 1.807) is 72.9 Å². The van der Waals surface area contributed by atoms with Crippen molar-refractivity contribution in [1.82, 2.24) is 4.98 Å². The predicted molar refractivity (Wildman–Crippen MR) is 185 cm³/mol. The SMILES string of the molecule is O=C(O)C(Oc1cccc(-c2cnc(CCC(CCc3ccc(C(F)(F)P(=O)(O)O)c(Br)c3)c3ccc(Cl)c(Cl)c3)o2)c1)c1ccccc1. The Morgan fingerprint density at radius 2 is 1.65 bits per heavy atom. The van der Waals surface area contributed by atoms with Crippen LogP contribution in [0.3, 0.4) is 0 Å². The van der Waals surface area contributed by atoms with Gasteiger partial charge in [0.25, 0.3) is 0 Å². The van der Waals surface area contributed by atoms with Crippen molar-refractivity contribution in [1.29, 1.82) is 0 Å². The lowest BCUT2D eigenvalue weighted by molar-refractivity contribution is -0.145. The predicted octanol–water partition coefficient (Wildman–Crippen LogP) is 10.2. The summed E-state index contributed by atoms with van der Waals surface area (Å²) >= 11 is 15.5. The van der Waals surface area contributed by atoms with E-state index in [1.807, 2.05) is 6.07 Å². The Bertz CT molecular complexity index is 1990. The van der Waals surface area contributed by atoms with Crippen molar-refractivity contribution in [3.8, 4) is 17.1 Å². The van der Waals surface area contributed by atoms with Gasteiger partial charge < -0.3 is 24.0 Å². The average Bonchev–Trinajstić information content (AvgIpc) is 3.54. The lowest BCUT2D eigenvalue weighted by Gasteiger charge is -2.20. The molecule has 0 saturated carbocycles. The number of benzene rings is 4. The van der Waals surface area contributed by atoms with E-state index in [0.717, 1.165) is 11.6 Å². The van der Waals surface area contributed by atoms with Crippen molar-refractivity contribution in [3.63, 3.8) is 0 Å². The highest BCUT2D eigenvalue weighted by atomic mass is 79.9. The van der Waals surface area contributed by atoms with Crippen molar-refractivity contribution < 1.29 is 42.2 Å². The minimum atomic E-state index is -5.72. The maximum atomic E-state index is 14.3. The summed E-state index contributed by atoms with van der Waals surface area (Å²) in [5.74, 6) is 0.0708. The van der Waals surface area contributed by atoms with Gasteiger partial charge in [-0.2, -0.15) is 8.78 Å². The molecule has 5 aromatic rings. The van der Waals surface area contributed by atoms with Crippen molar-refractivity contribution in [3.05, 3.63) is 140 Å². The van der Waals surface area contributed by atoms with E-state index >= 15 is 0 Å². The number of aliphatic carboxylic acids is 1. The van der Waals surface area contributed by atoms with Gasteiger partial charge >= 0.3 is 19.2 Å². The molecular formula is C35H29BrCl2F2NO7P. The third-order valence-corrected chi connectivity index (χ3v) is 10.2. The first kappa shape index (κ1) is 36.7. The second-order valence-electron chi connectivity index (χ2n) is 11.2. The Morgan fingerprint density at radius 1 is 0.918 bits per heavy atom. The summed E-state index contributed by atoms with van der Waals surface area (Å²) in [5, 5.41) is 10.5. The Hall–Kier alpha value is -3.57. The molecule has 2 unspecified atom stereocenters. The van der Waals surface area contributed by atoms with Gasteiger partial charge in [0.1, 0.15) is 5.75 Å². The lowest BCUT2D eigenvalue weighted by atomic mass is 9.88. The number of oxazole rings is 1. The van der Waals surface area contributed by atoms with Gasteiger partial charge in [-0.3, -0.25) is 4.57 Å². The summed E-state index contributed by atoms with van der Waals surface area (Å²) in [7, 11) is -5.72. The zero-order chi connectivity index (χ0) is 35.3. The molecule has 49 heavy (non-hydrogen) atoms. The zero-order valence-electron chi connectivity index (χ0n) is 25.5. The van der Waals surface area contributed by atoms with E-state index < -0.39 is 30.9 Å². The quantitative estimate of drug-likeness (QED) is 0.0948. The first-order valence-corrected chi connectivity index (χ1v) is 18.1. The smallest absolute Gasteiger partial charge is 0.399 e. The minimum absolute atomic E-state index is 0.0808. The standard InChI is InChI=1S/C35H29BrCl2F2NO7P/c36-28-17-21(10-14-27(28)35(39,40)49(44,45)46)9-11-22(24-12-15-29(37)30(38)19-24)13-16-32-41-20-31(48-32)25-7-4-8-26(18-25)47-33(34(42)43)23-5-2-1-3-6-23/h1-8,10,12,14-15,17-20,22,33H,9,11,13,16H2,(H,42,43)(H2,44,45,46). The van der Waals surface area contributed by atoms with Gasteiger partial charge in [0.15, 0.2) is 11.7 Å². The molecular weight excluding hydrogens is 766 g/mol. The van der Waals surface area contributed by atoms with Crippen LogP contribution in [0, 0.1) is 0 Å². The molecule has 0 bridgehead atoms. The maximum Gasteiger partial charge on any atom is 0.399 e. The first-order chi connectivity index (χ1) is 23.2. The normalized spacial score (nSPS) is 13.2. The van der Waals surface area contributed by atoms with Crippen LogP contribution in [0.25, 0.3) is 11.3 Å².